The predicted octanol–water partition coefficient (Wildman–Crippen LogP) is 3.83. The number of aliphatic hydroxyl groups is 1. The summed E-state index contributed by atoms with van der Waals surface area (Å²) < 4.78 is 11.9. The summed E-state index contributed by atoms with van der Waals surface area (Å²) in [6, 6.07) is 12.3. The van der Waals surface area contributed by atoms with Gasteiger partial charge in [0.1, 0.15) is 6.61 Å². The molecule has 0 unspecified atom stereocenters. The van der Waals surface area contributed by atoms with E-state index < -0.39 is 26.1 Å². The van der Waals surface area contributed by atoms with Crippen molar-refractivity contribution in [3.63, 3.8) is 0 Å². The van der Waals surface area contributed by atoms with Gasteiger partial charge >= 0.3 is 6.09 Å². The zero-order valence-electron chi connectivity index (χ0n) is 15.6. The van der Waals surface area contributed by atoms with Gasteiger partial charge in [-0.3, -0.25) is 0 Å². The minimum atomic E-state index is -1.79. The van der Waals surface area contributed by atoms with E-state index in [1.54, 1.807) is 0 Å². The molecule has 0 aliphatic heterocycles. The summed E-state index contributed by atoms with van der Waals surface area (Å²) in [5.74, 6) is 0. The molecular weight excluding hydrogens is 334 g/mol. The molecule has 2 rings (SSSR count). The van der Waals surface area contributed by atoms with Crippen molar-refractivity contribution in [1.29, 1.82) is 0 Å². The molecule has 2 N–H and O–H groups in total. The lowest BCUT2D eigenvalue weighted by Gasteiger charge is -2.37. The molecule has 5 nitrogen and oxygen atoms in total. The van der Waals surface area contributed by atoms with Crippen LogP contribution in [0.25, 0.3) is 0 Å². The number of rotatable bonds is 10. The van der Waals surface area contributed by atoms with Crippen LogP contribution in [0.5, 0.6) is 0 Å². The first-order valence-corrected chi connectivity index (χ1v) is 11.8. The number of benzene rings is 1. The SMILES string of the molecule is CC[Si](CC)(CC)OC1([C@@H](CO)NC(=O)OCc2ccccc2)CC1. The van der Waals surface area contributed by atoms with Crippen LogP contribution >= 0.6 is 0 Å². The Morgan fingerprint density at radius 3 is 2.28 bits per heavy atom. The van der Waals surface area contributed by atoms with Gasteiger partial charge in [0, 0.05) is 0 Å². The Hall–Kier alpha value is -1.37. The number of ether oxygens (including phenoxy) is 1. The topological polar surface area (TPSA) is 67.8 Å². The molecule has 0 saturated heterocycles. The van der Waals surface area contributed by atoms with Crippen molar-refractivity contribution in [1.82, 2.24) is 5.32 Å². The molecule has 0 heterocycles. The Labute approximate surface area is 151 Å². The summed E-state index contributed by atoms with van der Waals surface area (Å²) in [7, 11) is -1.79. The lowest BCUT2D eigenvalue weighted by atomic mass is 10.1. The molecule has 1 aromatic rings. The van der Waals surface area contributed by atoms with Crippen LogP contribution in [-0.4, -0.2) is 37.8 Å². The summed E-state index contributed by atoms with van der Waals surface area (Å²) in [6.45, 7) is 6.64. The molecule has 0 spiro atoms. The number of carbonyl (C=O) groups is 1. The first-order chi connectivity index (χ1) is 12.0. The molecule has 0 aromatic heterocycles. The third-order valence-corrected chi connectivity index (χ3v) is 10.1. The Bertz CT molecular complexity index is 535. The highest BCUT2D eigenvalue weighted by Crippen LogP contribution is 2.46. The highest BCUT2D eigenvalue weighted by molar-refractivity contribution is 6.73. The van der Waals surface area contributed by atoms with Crippen molar-refractivity contribution >= 4 is 14.4 Å². The normalized spacial score (nSPS) is 17.0. The standard InChI is InChI=1S/C19H31NO4Si/c1-4-25(5-2,6-3)24-19(12-13-19)17(14-21)20-18(22)23-15-16-10-8-7-9-11-16/h7-11,17,21H,4-6,12-15H2,1-3H3,(H,20,22)/t17-/m1/s1. The van der Waals surface area contributed by atoms with Gasteiger partial charge in [0.15, 0.2) is 8.32 Å². The van der Waals surface area contributed by atoms with Crippen molar-refractivity contribution in [2.45, 2.75) is 70.0 Å². The second-order valence-corrected chi connectivity index (χ2v) is 11.5. The Morgan fingerprint density at radius 2 is 1.80 bits per heavy atom. The van der Waals surface area contributed by atoms with E-state index in [-0.39, 0.29) is 13.2 Å². The fourth-order valence-corrected chi connectivity index (χ4v) is 6.43. The molecule has 1 aliphatic rings. The highest BCUT2D eigenvalue weighted by atomic mass is 28.4. The van der Waals surface area contributed by atoms with Gasteiger partial charge in [-0.05, 0) is 36.5 Å². The van der Waals surface area contributed by atoms with Crippen molar-refractivity contribution in [3.05, 3.63) is 35.9 Å². The Morgan fingerprint density at radius 1 is 1.20 bits per heavy atom. The molecular formula is C19H31NO4Si. The van der Waals surface area contributed by atoms with Crippen molar-refractivity contribution in [2.24, 2.45) is 0 Å². The van der Waals surface area contributed by atoms with Crippen LogP contribution in [0.2, 0.25) is 18.1 Å². The van der Waals surface area contributed by atoms with E-state index in [9.17, 15) is 9.90 Å². The molecule has 1 aliphatic carbocycles. The van der Waals surface area contributed by atoms with Gasteiger partial charge in [0.05, 0.1) is 18.2 Å². The maximum atomic E-state index is 12.1. The van der Waals surface area contributed by atoms with E-state index in [1.807, 2.05) is 30.3 Å². The van der Waals surface area contributed by atoms with E-state index in [0.29, 0.717) is 0 Å². The average molecular weight is 366 g/mol. The van der Waals surface area contributed by atoms with Crippen molar-refractivity contribution < 1.29 is 19.1 Å². The van der Waals surface area contributed by atoms with Crippen LogP contribution in [0.4, 0.5) is 4.79 Å². The third kappa shape index (κ3) is 5.06. The first-order valence-electron chi connectivity index (χ1n) is 9.31. The van der Waals surface area contributed by atoms with Crippen LogP contribution in [0, 0.1) is 0 Å². The average Bonchev–Trinajstić information content (AvgIpc) is 3.44. The molecule has 0 bridgehead atoms. The fraction of sp³-hybridized carbons (Fsp3) is 0.632. The van der Waals surface area contributed by atoms with Crippen LogP contribution in [0.1, 0.15) is 39.2 Å². The molecule has 1 amide bonds. The monoisotopic (exact) mass is 365 g/mol. The van der Waals surface area contributed by atoms with Crippen molar-refractivity contribution in [2.75, 3.05) is 6.61 Å². The van der Waals surface area contributed by atoms with Crippen LogP contribution in [-0.2, 0) is 15.8 Å². The zero-order valence-corrected chi connectivity index (χ0v) is 16.6. The molecule has 1 saturated carbocycles. The number of amides is 1. The first kappa shape index (κ1) is 19.9. The molecule has 1 fully saturated rings. The summed E-state index contributed by atoms with van der Waals surface area (Å²) in [5.41, 5.74) is 0.527. The highest BCUT2D eigenvalue weighted by Gasteiger charge is 2.55. The number of alkyl carbamates (subject to hydrolysis) is 1. The summed E-state index contributed by atoms with van der Waals surface area (Å²) in [5, 5.41) is 12.6. The number of aliphatic hydroxyl groups excluding tert-OH is 1. The van der Waals surface area contributed by atoms with E-state index in [0.717, 1.165) is 36.5 Å². The largest absolute Gasteiger partial charge is 0.445 e. The predicted molar refractivity (Wildman–Crippen MR) is 101 cm³/mol. The Balaban J connectivity index is 1.93. The third-order valence-electron chi connectivity index (χ3n) is 5.42. The second-order valence-electron chi connectivity index (χ2n) is 6.85. The number of hydrogen-bond donors (Lipinski definition) is 2. The van der Waals surface area contributed by atoms with Gasteiger partial charge in [-0.25, -0.2) is 4.79 Å². The number of hydrogen-bond acceptors (Lipinski definition) is 4. The molecule has 25 heavy (non-hydrogen) atoms. The molecule has 1 aromatic carbocycles. The number of nitrogens with one attached hydrogen (secondary N) is 1. The van der Waals surface area contributed by atoms with E-state index in [2.05, 4.69) is 26.1 Å². The van der Waals surface area contributed by atoms with E-state index in [4.69, 9.17) is 9.16 Å². The van der Waals surface area contributed by atoms with E-state index in [1.165, 1.54) is 0 Å². The minimum absolute atomic E-state index is 0.137. The second kappa shape index (κ2) is 8.83. The Kier molecular flexibility index (Phi) is 7.04. The maximum absolute atomic E-state index is 12.1. The lowest BCUT2D eigenvalue weighted by Crippen LogP contribution is -2.53. The van der Waals surface area contributed by atoms with Crippen LogP contribution < -0.4 is 5.32 Å². The van der Waals surface area contributed by atoms with Gasteiger partial charge in [-0.15, -0.1) is 0 Å². The van der Waals surface area contributed by atoms with Crippen LogP contribution in [0.3, 0.4) is 0 Å². The molecule has 6 heteroatoms. The fourth-order valence-electron chi connectivity index (χ4n) is 3.29. The maximum Gasteiger partial charge on any atom is 0.407 e. The quantitative estimate of drug-likeness (QED) is 0.618. The van der Waals surface area contributed by atoms with E-state index >= 15 is 0 Å². The van der Waals surface area contributed by atoms with Crippen LogP contribution in [0.15, 0.2) is 30.3 Å². The van der Waals surface area contributed by atoms with Gasteiger partial charge in [0.25, 0.3) is 0 Å². The molecule has 0 radical (unpaired) electrons. The summed E-state index contributed by atoms with van der Waals surface area (Å²) >= 11 is 0. The van der Waals surface area contributed by atoms with Gasteiger partial charge < -0.3 is 19.6 Å². The summed E-state index contributed by atoms with van der Waals surface area (Å²) in [4.78, 5) is 12.1. The van der Waals surface area contributed by atoms with Gasteiger partial charge in [0.2, 0.25) is 0 Å². The summed E-state index contributed by atoms with van der Waals surface area (Å²) in [6.07, 6.45) is 1.26. The molecule has 140 valence electrons. The van der Waals surface area contributed by atoms with Gasteiger partial charge in [-0.2, -0.15) is 0 Å². The van der Waals surface area contributed by atoms with Crippen molar-refractivity contribution in [3.8, 4) is 0 Å². The number of carbonyl (C=O) groups excluding carboxylic acids is 1. The lowest BCUT2D eigenvalue weighted by molar-refractivity contribution is 0.0689. The zero-order chi connectivity index (χ0) is 18.3. The molecule has 1 atom stereocenters. The van der Waals surface area contributed by atoms with Gasteiger partial charge in [-0.1, -0.05) is 51.1 Å². The minimum Gasteiger partial charge on any atom is -0.445 e. The smallest absolute Gasteiger partial charge is 0.407 e.